The van der Waals surface area contributed by atoms with Crippen molar-refractivity contribution in [3.63, 3.8) is 0 Å². The highest BCUT2D eigenvalue weighted by molar-refractivity contribution is 5.62. The Labute approximate surface area is 109 Å². The minimum atomic E-state index is 0.491. The molecule has 18 heavy (non-hydrogen) atoms. The van der Waals surface area contributed by atoms with Gasteiger partial charge < -0.3 is 15.8 Å². The Kier molecular flexibility index (Phi) is 4.28. The van der Waals surface area contributed by atoms with E-state index in [-0.39, 0.29) is 0 Å². The molecule has 0 radical (unpaired) electrons. The Morgan fingerprint density at radius 2 is 2.17 bits per heavy atom. The first-order valence-corrected chi connectivity index (χ1v) is 6.81. The lowest BCUT2D eigenvalue weighted by atomic mass is 9.83. The van der Waals surface area contributed by atoms with Gasteiger partial charge in [-0.15, -0.1) is 0 Å². The molecule has 1 aliphatic rings. The molecule has 0 aromatic carbocycles. The molecule has 2 unspecified atom stereocenters. The number of nitrogens with zero attached hydrogens (tertiary/aromatic N) is 1. The van der Waals surface area contributed by atoms with Crippen molar-refractivity contribution in [3.05, 3.63) is 12.1 Å². The van der Waals surface area contributed by atoms with Crippen molar-refractivity contribution in [1.29, 1.82) is 0 Å². The van der Waals surface area contributed by atoms with Crippen LogP contribution in [0.2, 0.25) is 0 Å². The number of rotatable bonds is 4. The molecule has 0 bridgehead atoms. The van der Waals surface area contributed by atoms with E-state index < -0.39 is 0 Å². The van der Waals surface area contributed by atoms with Gasteiger partial charge in [-0.25, -0.2) is 0 Å². The van der Waals surface area contributed by atoms with Crippen molar-refractivity contribution in [2.45, 2.75) is 45.1 Å². The Hall–Kier alpha value is -1.45. The van der Waals surface area contributed by atoms with Crippen LogP contribution in [0.25, 0.3) is 0 Å². The monoisotopic (exact) mass is 249 g/mol. The van der Waals surface area contributed by atoms with Gasteiger partial charge >= 0.3 is 0 Å². The average molecular weight is 249 g/mol. The van der Waals surface area contributed by atoms with Gasteiger partial charge in [0.05, 0.1) is 12.8 Å². The van der Waals surface area contributed by atoms with Crippen molar-refractivity contribution in [2.75, 3.05) is 18.2 Å². The molecule has 100 valence electrons. The predicted molar refractivity (Wildman–Crippen MR) is 74.9 cm³/mol. The number of nitrogen functional groups attached to an aromatic ring is 1. The number of anilines is 2. The molecular formula is C14H23N3O. The summed E-state index contributed by atoms with van der Waals surface area (Å²) in [5, 5.41) is 3.51. The highest BCUT2D eigenvalue weighted by atomic mass is 16.5. The number of aromatic nitrogens is 1. The maximum Gasteiger partial charge on any atom is 0.215 e. The molecule has 1 aliphatic carbocycles. The second-order valence-electron chi connectivity index (χ2n) is 5.00. The maximum atomic E-state index is 5.97. The summed E-state index contributed by atoms with van der Waals surface area (Å²) in [5.74, 6) is 2.10. The minimum Gasteiger partial charge on any atom is -0.481 e. The van der Waals surface area contributed by atoms with Crippen molar-refractivity contribution in [3.8, 4) is 5.88 Å². The van der Waals surface area contributed by atoms with Gasteiger partial charge in [-0.3, -0.25) is 0 Å². The highest BCUT2D eigenvalue weighted by Crippen LogP contribution is 2.30. The van der Waals surface area contributed by atoms with E-state index in [9.17, 15) is 0 Å². The van der Waals surface area contributed by atoms with Gasteiger partial charge in [-0.05, 0) is 24.8 Å². The smallest absolute Gasteiger partial charge is 0.215 e. The second kappa shape index (κ2) is 5.94. The molecule has 0 amide bonds. The van der Waals surface area contributed by atoms with Gasteiger partial charge in [-0.1, -0.05) is 26.2 Å². The molecule has 1 aromatic heterocycles. The summed E-state index contributed by atoms with van der Waals surface area (Å²) in [6.07, 6.45) is 6.35. The van der Waals surface area contributed by atoms with Crippen molar-refractivity contribution < 1.29 is 4.74 Å². The first-order valence-electron chi connectivity index (χ1n) is 6.81. The molecule has 4 nitrogen and oxygen atoms in total. The molecular weight excluding hydrogens is 226 g/mol. The summed E-state index contributed by atoms with van der Waals surface area (Å²) in [6, 6.07) is 4.13. The van der Waals surface area contributed by atoms with Gasteiger partial charge in [0.15, 0.2) is 5.82 Å². The van der Waals surface area contributed by atoms with Crippen LogP contribution in [-0.2, 0) is 0 Å². The fourth-order valence-electron chi connectivity index (χ4n) is 2.74. The number of methoxy groups -OCH3 is 1. The Bertz CT molecular complexity index is 395. The van der Waals surface area contributed by atoms with Crippen LogP contribution in [0.4, 0.5) is 11.5 Å². The van der Waals surface area contributed by atoms with Crippen LogP contribution in [0, 0.1) is 5.92 Å². The minimum absolute atomic E-state index is 0.491. The van der Waals surface area contributed by atoms with Crippen molar-refractivity contribution in [2.24, 2.45) is 5.92 Å². The van der Waals surface area contributed by atoms with E-state index in [2.05, 4.69) is 17.2 Å². The van der Waals surface area contributed by atoms with Crippen LogP contribution >= 0.6 is 0 Å². The quantitative estimate of drug-likeness (QED) is 0.861. The van der Waals surface area contributed by atoms with Gasteiger partial charge in [0.2, 0.25) is 5.88 Å². The number of hydrogen-bond acceptors (Lipinski definition) is 4. The van der Waals surface area contributed by atoms with Crippen LogP contribution in [-0.4, -0.2) is 18.1 Å². The third kappa shape index (κ3) is 2.86. The van der Waals surface area contributed by atoms with Crippen LogP contribution in [0.15, 0.2) is 12.1 Å². The normalized spacial score (nSPS) is 23.7. The second-order valence-corrected chi connectivity index (χ2v) is 5.00. The van der Waals surface area contributed by atoms with Gasteiger partial charge in [0, 0.05) is 12.1 Å². The van der Waals surface area contributed by atoms with E-state index in [0.717, 1.165) is 11.7 Å². The van der Waals surface area contributed by atoms with Gasteiger partial charge in [0.25, 0.3) is 0 Å². The Morgan fingerprint density at radius 1 is 1.39 bits per heavy atom. The third-order valence-electron chi connectivity index (χ3n) is 3.87. The van der Waals surface area contributed by atoms with E-state index in [4.69, 9.17) is 10.5 Å². The molecule has 3 N–H and O–H groups in total. The van der Waals surface area contributed by atoms with E-state index >= 15 is 0 Å². The third-order valence-corrected chi connectivity index (χ3v) is 3.87. The summed E-state index contributed by atoms with van der Waals surface area (Å²) >= 11 is 0. The molecule has 1 aromatic rings. The molecule has 1 heterocycles. The topological polar surface area (TPSA) is 60.2 Å². The van der Waals surface area contributed by atoms with E-state index in [1.54, 1.807) is 13.2 Å². The Morgan fingerprint density at radius 3 is 2.89 bits per heavy atom. The first-order chi connectivity index (χ1) is 8.74. The zero-order valence-electron chi connectivity index (χ0n) is 11.3. The lowest BCUT2D eigenvalue weighted by Gasteiger charge is -2.32. The molecule has 1 saturated carbocycles. The van der Waals surface area contributed by atoms with Gasteiger partial charge in [-0.2, -0.15) is 4.98 Å². The lowest BCUT2D eigenvalue weighted by molar-refractivity contribution is 0.316. The maximum absolute atomic E-state index is 5.97. The molecule has 0 aliphatic heterocycles. The van der Waals surface area contributed by atoms with Crippen molar-refractivity contribution in [1.82, 2.24) is 4.98 Å². The SMILES string of the molecule is CCC1CCCCC1Nc1nc(OC)ccc1N. The summed E-state index contributed by atoms with van der Waals surface area (Å²) in [4.78, 5) is 4.40. The fraction of sp³-hybridized carbons (Fsp3) is 0.643. The standard InChI is InChI=1S/C14H23N3O/c1-3-10-6-4-5-7-12(10)16-14-11(15)8-9-13(17-14)18-2/h8-10,12H,3-7,15H2,1-2H3,(H,16,17). The highest BCUT2D eigenvalue weighted by Gasteiger charge is 2.24. The largest absolute Gasteiger partial charge is 0.481 e. The fourth-order valence-corrected chi connectivity index (χ4v) is 2.74. The zero-order valence-corrected chi connectivity index (χ0v) is 11.3. The van der Waals surface area contributed by atoms with Crippen LogP contribution in [0.3, 0.4) is 0 Å². The van der Waals surface area contributed by atoms with Crippen molar-refractivity contribution >= 4 is 11.5 Å². The van der Waals surface area contributed by atoms with E-state index in [1.165, 1.54) is 32.1 Å². The number of nitrogens with one attached hydrogen (secondary N) is 1. The average Bonchev–Trinajstić information content (AvgIpc) is 2.42. The first kappa shape index (κ1) is 13.0. The summed E-state index contributed by atoms with van der Waals surface area (Å²) in [5.41, 5.74) is 6.66. The molecule has 0 spiro atoms. The van der Waals surface area contributed by atoms with E-state index in [1.807, 2.05) is 6.07 Å². The number of nitrogens with two attached hydrogens (primary N) is 1. The molecule has 1 fully saturated rings. The summed E-state index contributed by atoms with van der Waals surface area (Å²) in [7, 11) is 1.62. The Balaban J connectivity index is 2.11. The van der Waals surface area contributed by atoms with Gasteiger partial charge in [0.1, 0.15) is 0 Å². The van der Waals surface area contributed by atoms with Crippen LogP contribution in [0.5, 0.6) is 5.88 Å². The van der Waals surface area contributed by atoms with Crippen LogP contribution < -0.4 is 15.8 Å². The van der Waals surface area contributed by atoms with Crippen LogP contribution in [0.1, 0.15) is 39.0 Å². The molecule has 2 atom stereocenters. The predicted octanol–water partition coefficient (Wildman–Crippen LogP) is 3.05. The zero-order chi connectivity index (χ0) is 13.0. The summed E-state index contributed by atoms with van der Waals surface area (Å²) < 4.78 is 5.15. The lowest BCUT2D eigenvalue weighted by Crippen LogP contribution is -2.32. The molecule has 4 heteroatoms. The number of hydrogen-bond donors (Lipinski definition) is 2. The molecule has 2 rings (SSSR count). The number of ether oxygens (including phenoxy) is 1. The summed E-state index contributed by atoms with van der Waals surface area (Å²) in [6.45, 7) is 2.26. The number of pyridine rings is 1. The molecule has 0 saturated heterocycles. The van der Waals surface area contributed by atoms with E-state index in [0.29, 0.717) is 17.6 Å².